The van der Waals surface area contributed by atoms with E-state index >= 15 is 0 Å². The summed E-state index contributed by atoms with van der Waals surface area (Å²) in [6.07, 6.45) is 4.38. The van der Waals surface area contributed by atoms with E-state index in [0.29, 0.717) is 13.2 Å². The molecule has 0 fully saturated rings. The van der Waals surface area contributed by atoms with Crippen LogP contribution in [0, 0.1) is 0 Å². The fourth-order valence-electron chi connectivity index (χ4n) is 2.83. The van der Waals surface area contributed by atoms with Crippen LogP contribution in [-0.4, -0.2) is 47.5 Å². The highest BCUT2D eigenvalue weighted by Gasteiger charge is 2.24. The van der Waals surface area contributed by atoms with Gasteiger partial charge in [-0.25, -0.2) is 4.79 Å². The third-order valence-electron chi connectivity index (χ3n) is 4.03. The Morgan fingerprint density at radius 1 is 1.54 bits per heavy atom. The Balaban J connectivity index is 1.59. The first-order chi connectivity index (χ1) is 11.6. The number of hydrogen-bond donors (Lipinski definition) is 1. The number of hydrogen-bond acceptors (Lipinski definition) is 4. The average molecular weight is 330 g/mol. The van der Waals surface area contributed by atoms with Crippen molar-refractivity contribution >= 4 is 6.03 Å². The lowest BCUT2D eigenvalue weighted by Crippen LogP contribution is -2.47. The molecule has 0 saturated carbocycles. The number of nitrogens with zero attached hydrogens (tertiary/aromatic N) is 3. The quantitative estimate of drug-likeness (QED) is 0.924. The number of benzene rings is 1. The minimum atomic E-state index is -0.126. The van der Waals surface area contributed by atoms with Gasteiger partial charge in [0.25, 0.3) is 0 Å². The van der Waals surface area contributed by atoms with Crippen molar-refractivity contribution in [1.29, 1.82) is 0 Å². The number of ether oxygens (including phenoxy) is 2. The van der Waals surface area contributed by atoms with Gasteiger partial charge in [-0.1, -0.05) is 12.1 Å². The number of carbonyl (C=O) groups excluding carboxylic acids is 1. The molecule has 1 unspecified atom stereocenters. The van der Waals surface area contributed by atoms with Gasteiger partial charge in [-0.05, 0) is 12.5 Å². The molecule has 0 aliphatic carbocycles. The van der Waals surface area contributed by atoms with Crippen molar-refractivity contribution in [3.05, 3.63) is 41.7 Å². The fraction of sp³-hybridized carbons (Fsp3) is 0.412. The third-order valence-corrected chi connectivity index (χ3v) is 4.03. The van der Waals surface area contributed by atoms with E-state index in [1.807, 2.05) is 31.4 Å². The smallest absolute Gasteiger partial charge is 0.317 e. The topological polar surface area (TPSA) is 68.6 Å². The van der Waals surface area contributed by atoms with Crippen LogP contribution in [-0.2, 0) is 20.0 Å². The summed E-state index contributed by atoms with van der Waals surface area (Å²) in [5.41, 5.74) is 2.03. The molecule has 24 heavy (non-hydrogen) atoms. The monoisotopic (exact) mass is 330 g/mol. The molecule has 1 aromatic carbocycles. The van der Waals surface area contributed by atoms with Gasteiger partial charge in [0.05, 0.1) is 25.9 Å². The largest absolute Gasteiger partial charge is 0.493 e. The molecule has 128 valence electrons. The standard InChI is InChI=1S/C17H22N4O3/c1-20(9-12-8-18-21(2)10-12)17(22)19-14-7-13-5-4-6-15(23-3)16(13)24-11-14/h4-6,8,10,14H,7,9,11H2,1-3H3,(H,19,22). The van der Waals surface area contributed by atoms with Crippen LogP contribution in [0.2, 0.25) is 0 Å². The fourth-order valence-corrected chi connectivity index (χ4v) is 2.83. The number of nitrogens with one attached hydrogen (secondary N) is 1. The van der Waals surface area contributed by atoms with Gasteiger partial charge in [-0.2, -0.15) is 5.10 Å². The molecule has 3 rings (SSSR count). The van der Waals surface area contributed by atoms with Crippen molar-refractivity contribution in [3.63, 3.8) is 0 Å². The Hall–Kier alpha value is -2.70. The first kappa shape index (κ1) is 16.2. The Kier molecular flexibility index (Phi) is 4.59. The second-order valence-electron chi connectivity index (χ2n) is 5.99. The molecule has 2 aromatic rings. The zero-order valence-corrected chi connectivity index (χ0v) is 14.2. The Bertz CT molecular complexity index is 728. The van der Waals surface area contributed by atoms with E-state index in [-0.39, 0.29) is 12.1 Å². The van der Waals surface area contributed by atoms with E-state index in [0.717, 1.165) is 29.0 Å². The highest BCUT2D eigenvalue weighted by Crippen LogP contribution is 2.34. The van der Waals surface area contributed by atoms with Crippen molar-refractivity contribution in [2.24, 2.45) is 7.05 Å². The van der Waals surface area contributed by atoms with E-state index in [1.165, 1.54) is 0 Å². The first-order valence-electron chi connectivity index (χ1n) is 7.84. The number of carbonyl (C=O) groups is 1. The van der Waals surface area contributed by atoms with E-state index in [4.69, 9.17) is 9.47 Å². The molecular formula is C17H22N4O3. The number of methoxy groups -OCH3 is 1. The summed E-state index contributed by atoms with van der Waals surface area (Å²) in [5.74, 6) is 1.50. The summed E-state index contributed by atoms with van der Waals surface area (Å²) >= 11 is 0. The molecular weight excluding hydrogens is 308 g/mol. The van der Waals surface area contributed by atoms with E-state index in [9.17, 15) is 4.79 Å². The van der Waals surface area contributed by atoms with E-state index in [2.05, 4.69) is 10.4 Å². The van der Waals surface area contributed by atoms with Crippen molar-refractivity contribution in [2.75, 3.05) is 20.8 Å². The highest BCUT2D eigenvalue weighted by molar-refractivity contribution is 5.74. The molecule has 2 heterocycles. The van der Waals surface area contributed by atoms with Crippen LogP contribution in [0.25, 0.3) is 0 Å². The van der Waals surface area contributed by atoms with Crippen molar-refractivity contribution in [1.82, 2.24) is 20.0 Å². The molecule has 1 aliphatic heterocycles. The van der Waals surface area contributed by atoms with Crippen molar-refractivity contribution < 1.29 is 14.3 Å². The van der Waals surface area contributed by atoms with Crippen molar-refractivity contribution in [2.45, 2.75) is 19.0 Å². The lowest BCUT2D eigenvalue weighted by atomic mass is 10.0. The molecule has 0 spiro atoms. The van der Waals surface area contributed by atoms with Crippen LogP contribution < -0.4 is 14.8 Å². The number of para-hydroxylation sites is 1. The van der Waals surface area contributed by atoms with E-state index in [1.54, 1.807) is 29.9 Å². The van der Waals surface area contributed by atoms with Gasteiger partial charge in [0.1, 0.15) is 6.61 Å². The highest BCUT2D eigenvalue weighted by atomic mass is 16.5. The third kappa shape index (κ3) is 3.45. The van der Waals surface area contributed by atoms with Gasteiger partial charge < -0.3 is 19.7 Å². The van der Waals surface area contributed by atoms with Gasteiger partial charge in [0, 0.05) is 31.4 Å². The Morgan fingerprint density at radius 3 is 3.08 bits per heavy atom. The maximum atomic E-state index is 12.4. The Labute approximate surface area is 141 Å². The molecule has 1 N–H and O–H groups in total. The molecule has 1 atom stereocenters. The second kappa shape index (κ2) is 6.82. The molecule has 1 aliphatic rings. The number of amides is 2. The zero-order chi connectivity index (χ0) is 17.1. The maximum absolute atomic E-state index is 12.4. The summed E-state index contributed by atoms with van der Waals surface area (Å²) in [4.78, 5) is 14.0. The van der Waals surface area contributed by atoms with Gasteiger partial charge in [0.15, 0.2) is 11.5 Å². The molecule has 0 bridgehead atoms. The molecule has 7 nitrogen and oxygen atoms in total. The van der Waals surface area contributed by atoms with Crippen LogP contribution in [0.1, 0.15) is 11.1 Å². The number of aromatic nitrogens is 2. The minimum Gasteiger partial charge on any atom is -0.493 e. The molecule has 0 saturated heterocycles. The van der Waals surface area contributed by atoms with Crippen LogP contribution in [0.4, 0.5) is 4.79 Å². The molecule has 7 heteroatoms. The van der Waals surface area contributed by atoms with Crippen LogP contribution >= 0.6 is 0 Å². The zero-order valence-electron chi connectivity index (χ0n) is 14.2. The maximum Gasteiger partial charge on any atom is 0.317 e. The lowest BCUT2D eigenvalue weighted by Gasteiger charge is -2.28. The summed E-state index contributed by atoms with van der Waals surface area (Å²) in [6, 6.07) is 5.61. The summed E-state index contributed by atoms with van der Waals surface area (Å²) in [6.45, 7) is 0.942. The second-order valence-corrected chi connectivity index (χ2v) is 5.99. The van der Waals surface area contributed by atoms with Crippen molar-refractivity contribution in [3.8, 4) is 11.5 Å². The number of rotatable bonds is 4. The minimum absolute atomic E-state index is 0.0616. The summed E-state index contributed by atoms with van der Waals surface area (Å²) < 4.78 is 12.8. The lowest BCUT2D eigenvalue weighted by molar-refractivity contribution is 0.186. The summed E-state index contributed by atoms with van der Waals surface area (Å²) in [5, 5.41) is 7.13. The predicted octanol–water partition coefficient (Wildman–Crippen LogP) is 1.57. The number of urea groups is 1. The van der Waals surface area contributed by atoms with Crippen LogP contribution in [0.5, 0.6) is 11.5 Å². The molecule has 0 radical (unpaired) electrons. The van der Waals surface area contributed by atoms with E-state index < -0.39 is 0 Å². The van der Waals surface area contributed by atoms with Gasteiger partial charge in [-0.3, -0.25) is 4.68 Å². The Morgan fingerprint density at radius 2 is 2.38 bits per heavy atom. The number of fused-ring (bicyclic) bond motifs is 1. The predicted molar refractivity (Wildman–Crippen MR) is 89.2 cm³/mol. The average Bonchev–Trinajstić information content (AvgIpc) is 2.98. The first-order valence-corrected chi connectivity index (χ1v) is 7.84. The van der Waals surface area contributed by atoms with Crippen LogP contribution in [0.3, 0.4) is 0 Å². The molecule has 1 aromatic heterocycles. The molecule has 2 amide bonds. The van der Waals surface area contributed by atoms with Gasteiger partial charge >= 0.3 is 6.03 Å². The number of aryl methyl sites for hydroxylation is 1. The SMILES string of the molecule is COc1cccc2c1OCC(NC(=O)N(C)Cc1cnn(C)c1)C2. The summed E-state index contributed by atoms with van der Waals surface area (Å²) in [7, 11) is 5.25. The van der Waals surface area contributed by atoms with Crippen LogP contribution in [0.15, 0.2) is 30.6 Å². The normalized spacial score (nSPS) is 16.0. The van der Waals surface area contributed by atoms with Gasteiger partial charge in [-0.15, -0.1) is 0 Å². The van der Waals surface area contributed by atoms with Gasteiger partial charge in [0.2, 0.25) is 0 Å².